The highest BCUT2D eigenvalue weighted by molar-refractivity contribution is 7.99. The Morgan fingerprint density at radius 3 is 3.00 bits per heavy atom. The number of esters is 1. The van der Waals surface area contributed by atoms with E-state index in [-0.39, 0.29) is 17.3 Å². The maximum atomic E-state index is 11.1. The van der Waals surface area contributed by atoms with Gasteiger partial charge in [0.25, 0.3) is 5.56 Å². The van der Waals surface area contributed by atoms with Gasteiger partial charge in [-0.3, -0.25) is 4.79 Å². The zero-order chi connectivity index (χ0) is 12.8. The number of rotatable bonds is 4. The Bertz CT molecular complexity index is 496. The number of aromatic nitrogens is 2. The van der Waals surface area contributed by atoms with Crippen LogP contribution in [0.4, 0.5) is 5.82 Å². The van der Waals surface area contributed by atoms with Gasteiger partial charge in [-0.2, -0.15) is 0 Å². The third kappa shape index (κ3) is 4.31. The lowest BCUT2D eigenvalue weighted by atomic mass is 10.3. The number of anilines is 1. The number of carbonyl (C=O) groups excluding carboxylic acids is 1. The number of hydrogen-bond acceptors (Lipinski definition) is 6. The third-order valence-corrected chi connectivity index (χ3v) is 2.66. The largest absolute Gasteiger partial charge is 0.466 e. The molecule has 0 saturated heterocycles. The van der Waals surface area contributed by atoms with Crippen LogP contribution in [0.25, 0.3) is 0 Å². The lowest BCUT2D eigenvalue weighted by molar-refractivity contribution is -0.136. The van der Waals surface area contributed by atoms with Gasteiger partial charge >= 0.3 is 5.97 Å². The third-order valence-electron chi connectivity index (χ3n) is 1.86. The van der Waals surface area contributed by atoms with Gasteiger partial charge in [0.2, 0.25) is 0 Å². The second-order valence-electron chi connectivity index (χ2n) is 3.17. The number of thioether (sulfide) groups is 1. The molecule has 0 aromatic carbocycles. The van der Waals surface area contributed by atoms with E-state index in [4.69, 9.17) is 5.73 Å². The lowest BCUT2D eigenvalue weighted by Gasteiger charge is -2.00. The van der Waals surface area contributed by atoms with E-state index in [0.29, 0.717) is 16.5 Å². The summed E-state index contributed by atoms with van der Waals surface area (Å²) < 4.78 is 4.54. The van der Waals surface area contributed by atoms with Crippen LogP contribution in [-0.4, -0.2) is 28.8 Å². The molecule has 7 heteroatoms. The minimum Gasteiger partial charge on any atom is -0.466 e. The Balaban J connectivity index is 2.62. The first-order valence-corrected chi connectivity index (χ1v) is 5.76. The average Bonchev–Trinajstić information content (AvgIpc) is 2.26. The monoisotopic (exact) mass is 255 g/mol. The Morgan fingerprint density at radius 2 is 2.41 bits per heavy atom. The summed E-state index contributed by atoms with van der Waals surface area (Å²) >= 11 is 1.27. The summed E-state index contributed by atoms with van der Waals surface area (Å²) in [5.41, 5.74) is 5.64. The quantitative estimate of drug-likeness (QED) is 0.353. The van der Waals surface area contributed by atoms with Gasteiger partial charge < -0.3 is 15.5 Å². The number of nitrogen functional groups attached to an aromatic ring is 1. The van der Waals surface area contributed by atoms with Gasteiger partial charge in [0.05, 0.1) is 7.11 Å². The van der Waals surface area contributed by atoms with Crippen molar-refractivity contribution < 1.29 is 9.53 Å². The molecule has 0 aliphatic heterocycles. The van der Waals surface area contributed by atoms with E-state index in [2.05, 4.69) is 14.7 Å². The van der Waals surface area contributed by atoms with Gasteiger partial charge in [-0.15, -0.1) is 0 Å². The minimum atomic E-state index is -0.375. The van der Waals surface area contributed by atoms with Crippen molar-refractivity contribution in [3.05, 3.63) is 28.1 Å². The van der Waals surface area contributed by atoms with E-state index >= 15 is 0 Å². The van der Waals surface area contributed by atoms with Crippen LogP contribution < -0.4 is 11.3 Å². The summed E-state index contributed by atoms with van der Waals surface area (Å²) in [6.07, 6.45) is 1.69. The number of hydrogen-bond donors (Lipinski definition) is 2. The Morgan fingerprint density at radius 1 is 1.71 bits per heavy atom. The number of nitrogens with zero attached hydrogens (tertiary/aromatic N) is 1. The molecule has 0 amide bonds. The molecule has 3 N–H and O–H groups in total. The fourth-order valence-electron chi connectivity index (χ4n) is 1.01. The second kappa shape index (κ2) is 6.09. The van der Waals surface area contributed by atoms with Gasteiger partial charge in [0.15, 0.2) is 5.16 Å². The molecule has 0 unspecified atom stereocenters. The van der Waals surface area contributed by atoms with Gasteiger partial charge in [-0.25, -0.2) is 9.78 Å². The van der Waals surface area contributed by atoms with Crippen LogP contribution in [0.15, 0.2) is 27.7 Å². The molecule has 92 valence electrons. The van der Waals surface area contributed by atoms with Crippen molar-refractivity contribution in [2.75, 3.05) is 18.6 Å². The second-order valence-corrected chi connectivity index (χ2v) is 4.17. The molecule has 6 nitrogen and oxygen atoms in total. The van der Waals surface area contributed by atoms with E-state index in [1.165, 1.54) is 24.9 Å². The zero-order valence-electron chi connectivity index (χ0n) is 9.52. The number of carbonyl (C=O) groups is 1. The van der Waals surface area contributed by atoms with Crippen molar-refractivity contribution >= 4 is 23.5 Å². The van der Waals surface area contributed by atoms with Crippen LogP contribution in [-0.2, 0) is 9.53 Å². The molecule has 0 atom stereocenters. The SMILES string of the molecule is COC(=O)C(C)=CCSc1nc(N)cc(=O)[nH]1. The fraction of sp³-hybridized carbons (Fsp3) is 0.300. The molecule has 0 bridgehead atoms. The highest BCUT2D eigenvalue weighted by atomic mass is 32.2. The fourth-order valence-corrected chi connectivity index (χ4v) is 1.85. The van der Waals surface area contributed by atoms with Crippen molar-refractivity contribution in [3.8, 4) is 0 Å². The van der Waals surface area contributed by atoms with Crippen LogP contribution in [0, 0.1) is 0 Å². The molecule has 0 radical (unpaired) electrons. The molecule has 1 aromatic rings. The predicted octanol–water partition coefficient (Wildman–Crippen LogP) is 0.563. The standard InChI is InChI=1S/C10H13N3O3S/c1-6(9(15)16-2)3-4-17-10-12-7(11)5-8(14)13-10/h3,5H,4H2,1-2H3,(H3,11,12,13,14). The van der Waals surface area contributed by atoms with E-state index in [0.717, 1.165) is 0 Å². The molecular formula is C10H13N3O3S. The zero-order valence-corrected chi connectivity index (χ0v) is 10.3. The molecule has 0 fully saturated rings. The van der Waals surface area contributed by atoms with Crippen molar-refractivity contribution in [1.29, 1.82) is 0 Å². The number of ether oxygens (including phenoxy) is 1. The minimum absolute atomic E-state index is 0.171. The van der Waals surface area contributed by atoms with Crippen LogP contribution >= 0.6 is 11.8 Å². The van der Waals surface area contributed by atoms with E-state index in [1.807, 2.05) is 0 Å². The molecule has 0 saturated carbocycles. The molecule has 17 heavy (non-hydrogen) atoms. The molecule has 0 aliphatic rings. The Labute approximate surface area is 102 Å². The van der Waals surface area contributed by atoms with E-state index < -0.39 is 0 Å². The van der Waals surface area contributed by atoms with Gasteiger partial charge in [-0.05, 0) is 6.92 Å². The molecule has 1 heterocycles. The summed E-state index contributed by atoms with van der Waals surface area (Å²) in [6.45, 7) is 1.65. The maximum Gasteiger partial charge on any atom is 0.333 e. The van der Waals surface area contributed by atoms with Crippen molar-refractivity contribution in [2.45, 2.75) is 12.1 Å². The molecule has 0 spiro atoms. The van der Waals surface area contributed by atoms with Crippen molar-refractivity contribution in [3.63, 3.8) is 0 Å². The van der Waals surface area contributed by atoms with Crippen LogP contribution in [0.3, 0.4) is 0 Å². The first-order valence-electron chi connectivity index (χ1n) is 4.77. The van der Waals surface area contributed by atoms with Crippen LogP contribution in [0.2, 0.25) is 0 Å². The lowest BCUT2D eigenvalue weighted by Crippen LogP contribution is -2.09. The first kappa shape index (κ1) is 13.3. The number of nitrogens with two attached hydrogens (primary N) is 1. The highest BCUT2D eigenvalue weighted by Crippen LogP contribution is 2.12. The summed E-state index contributed by atoms with van der Waals surface area (Å²) in [5.74, 6) is 0.289. The average molecular weight is 255 g/mol. The highest BCUT2D eigenvalue weighted by Gasteiger charge is 2.03. The van der Waals surface area contributed by atoms with Gasteiger partial charge in [0.1, 0.15) is 5.82 Å². The predicted molar refractivity (Wildman–Crippen MR) is 65.8 cm³/mol. The van der Waals surface area contributed by atoms with Crippen molar-refractivity contribution in [2.24, 2.45) is 0 Å². The molecule has 1 aromatic heterocycles. The number of methoxy groups -OCH3 is 1. The van der Waals surface area contributed by atoms with Gasteiger partial charge in [-0.1, -0.05) is 17.8 Å². The van der Waals surface area contributed by atoms with Crippen LogP contribution in [0.5, 0.6) is 0 Å². The van der Waals surface area contributed by atoms with E-state index in [1.54, 1.807) is 13.0 Å². The normalized spacial score (nSPS) is 11.3. The molecular weight excluding hydrogens is 242 g/mol. The number of aromatic amines is 1. The Hall–Kier alpha value is -1.76. The summed E-state index contributed by atoms with van der Waals surface area (Å²) in [4.78, 5) is 28.6. The Kier molecular flexibility index (Phi) is 4.77. The number of nitrogens with one attached hydrogen (secondary N) is 1. The summed E-state index contributed by atoms with van der Waals surface area (Å²) in [5, 5.41) is 0.420. The van der Waals surface area contributed by atoms with Crippen LogP contribution in [0.1, 0.15) is 6.92 Å². The first-order chi connectivity index (χ1) is 8.02. The smallest absolute Gasteiger partial charge is 0.333 e. The number of H-pyrrole nitrogens is 1. The summed E-state index contributed by atoms with van der Waals surface area (Å²) in [7, 11) is 1.32. The topological polar surface area (TPSA) is 98.1 Å². The molecule has 1 rings (SSSR count). The summed E-state index contributed by atoms with van der Waals surface area (Å²) in [6, 6.07) is 1.21. The van der Waals surface area contributed by atoms with Crippen molar-refractivity contribution in [1.82, 2.24) is 9.97 Å². The van der Waals surface area contributed by atoms with Gasteiger partial charge in [0, 0.05) is 17.4 Å². The van der Waals surface area contributed by atoms with E-state index in [9.17, 15) is 9.59 Å². The maximum absolute atomic E-state index is 11.1. The molecule has 0 aliphatic carbocycles.